The van der Waals surface area contributed by atoms with Gasteiger partial charge >= 0.3 is 0 Å². The molecule has 0 aromatic rings. The van der Waals surface area contributed by atoms with E-state index in [1.807, 2.05) is 6.92 Å². The van der Waals surface area contributed by atoms with Gasteiger partial charge < -0.3 is 19.0 Å². The third-order valence-electron chi connectivity index (χ3n) is 5.02. The molecule has 3 atom stereocenters. The van der Waals surface area contributed by atoms with Crippen LogP contribution in [-0.2, 0) is 13.9 Å². The molecule has 0 heterocycles. The molecule has 0 fully saturated rings. The molecule has 0 saturated carbocycles. The first kappa shape index (κ1) is 23.0. The van der Waals surface area contributed by atoms with Crippen molar-refractivity contribution < 1.29 is 19.0 Å². The first-order valence-electron chi connectivity index (χ1n) is 8.28. The van der Waals surface area contributed by atoms with E-state index in [0.29, 0.717) is 0 Å². The van der Waals surface area contributed by atoms with Gasteiger partial charge in [0.05, 0.1) is 19.4 Å². The summed E-state index contributed by atoms with van der Waals surface area (Å²) in [6.45, 7) is 23.3. The second-order valence-electron chi connectivity index (χ2n) is 8.86. The smallest absolute Gasteiger partial charge is 0.192 e. The maximum Gasteiger partial charge on any atom is 0.192 e. The normalized spacial score (nSPS) is 19.1. The van der Waals surface area contributed by atoms with Crippen molar-refractivity contribution in [3.63, 3.8) is 0 Å². The number of rotatable bonds is 9. The molecule has 0 radical (unpaired) electrons. The van der Waals surface area contributed by atoms with Crippen LogP contribution in [0.1, 0.15) is 27.7 Å². The van der Waals surface area contributed by atoms with Crippen molar-refractivity contribution >= 4 is 16.4 Å². The zero-order chi connectivity index (χ0) is 18.7. The van der Waals surface area contributed by atoms with E-state index in [2.05, 4.69) is 60.1 Å². The zero-order valence-electron chi connectivity index (χ0n) is 16.8. The molecule has 0 rings (SSSR count). The highest BCUT2D eigenvalue weighted by molar-refractivity contribution is 6.79. The second kappa shape index (κ2) is 7.93. The summed E-state index contributed by atoms with van der Waals surface area (Å²) in [7, 11) is -2.41. The van der Waals surface area contributed by atoms with Crippen LogP contribution in [0.4, 0.5) is 0 Å². The molecule has 0 unspecified atom stereocenters. The monoisotopic (exact) mass is 362 g/mol. The number of aliphatic hydroxyl groups is 1. The average molecular weight is 363 g/mol. The lowest BCUT2D eigenvalue weighted by Gasteiger charge is -2.47. The van der Waals surface area contributed by atoms with Crippen LogP contribution in [0, 0.1) is 0 Å². The van der Waals surface area contributed by atoms with Crippen molar-refractivity contribution in [2.24, 2.45) is 0 Å². The van der Waals surface area contributed by atoms with Crippen LogP contribution in [-0.4, -0.2) is 52.8 Å². The van der Waals surface area contributed by atoms with Crippen LogP contribution in [0.15, 0.2) is 12.7 Å². The van der Waals surface area contributed by atoms with E-state index in [0.717, 1.165) is 0 Å². The van der Waals surface area contributed by atoms with Gasteiger partial charge in [-0.15, -0.1) is 6.58 Å². The molecule has 0 saturated heterocycles. The van der Waals surface area contributed by atoms with Crippen LogP contribution in [0.3, 0.4) is 0 Å². The van der Waals surface area contributed by atoms with E-state index >= 15 is 0 Å². The van der Waals surface area contributed by atoms with E-state index in [-0.39, 0.29) is 17.9 Å². The number of methoxy groups -OCH3 is 1. The molecule has 0 aliphatic rings. The topological polar surface area (TPSA) is 47.9 Å². The van der Waals surface area contributed by atoms with Gasteiger partial charge in [-0.3, -0.25) is 0 Å². The summed E-state index contributed by atoms with van der Waals surface area (Å²) in [5.41, 5.74) is 0. The molecule has 1 N–H and O–H groups in total. The van der Waals surface area contributed by atoms with Gasteiger partial charge in [0.2, 0.25) is 0 Å². The van der Waals surface area contributed by atoms with E-state index in [4.69, 9.17) is 13.9 Å². The molecule has 0 bridgehead atoms. The van der Waals surface area contributed by atoms with Crippen LogP contribution in [0.2, 0.25) is 37.8 Å². The Bertz CT molecular complexity index is 385. The van der Waals surface area contributed by atoms with Gasteiger partial charge in [0.25, 0.3) is 0 Å². The molecule has 23 heavy (non-hydrogen) atoms. The highest BCUT2D eigenvalue weighted by Crippen LogP contribution is 2.39. The Labute approximate surface area is 145 Å². The minimum Gasteiger partial charge on any atom is -0.411 e. The van der Waals surface area contributed by atoms with E-state index < -0.39 is 27.7 Å². The van der Waals surface area contributed by atoms with Crippen molar-refractivity contribution in [3.05, 3.63) is 12.7 Å². The van der Waals surface area contributed by atoms with Crippen molar-refractivity contribution in [1.82, 2.24) is 0 Å². The maximum absolute atomic E-state index is 11.3. The van der Waals surface area contributed by atoms with Crippen molar-refractivity contribution in [1.29, 1.82) is 0 Å². The summed E-state index contributed by atoms with van der Waals surface area (Å²) >= 11 is 0. The zero-order valence-corrected chi connectivity index (χ0v) is 18.8. The Kier molecular flexibility index (Phi) is 7.93. The number of hydrogen-bond acceptors (Lipinski definition) is 4. The Hall–Kier alpha value is 0.0138. The van der Waals surface area contributed by atoms with Gasteiger partial charge in [-0.2, -0.15) is 0 Å². The summed E-state index contributed by atoms with van der Waals surface area (Å²) in [5.74, 6) is 0. The Balaban J connectivity index is 5.60. The summed E-state index contributed by atoms with van der Waals surface area (Å²) in [4.78, 5) is 0. The van der Waals surface area contributed by atoms with E-state index in [1.54, 1.807) is 13.2 Å². The standard InChI is InChI=1S/C17H38O4Si2/c1-12-17(18,22(7,8)9)15(20-13-19-6)14(2)21-23(10,11)16(3,4)5/h12,14-15,18H,1,13H2,2-11H3/t14-,15+,17-/m1/s1. The molecular weight excluding hydrogens is 324 g/mol. The van der Waals surface area contributed by atoms with E-state index in [1.165, 1.54) is 0 Å². The molecular formula is C17H38O4Si2. The fourth-order valence-corrected chi connectivity index (χ4v) is 5.50. The maximum atomic E-state index is 11.3. The lowest BCUT2D eigenvalue weighted by atomic mass is 10.1. The number of ether oxygens (including phenoxy) is 2. The minimum absolute atomic E-state index is 0.0958. The van der Waals surface area contributed by atoms with E-state index in [9.17, 15) is 5.11 Å². The minimum atomic E-state index is -2.02. The average Bonchev–Trinajstić information content (AvgIpc) is 2.35. The van der Waals surface area contributed by atoms with Gasteiger partial charge in [-0.1, -0.05) is 46.5 Å². The van der Waals surface area contributed by atoms with Crippen LogP contribution >= 0.6 is 0 Å². The molecule has 0 aromatic heterocycles. The van der Waals surface area contributed by atoms with Crippen molar-refractivity contribution in [3.8, 4) is 0 Å². The van der Waals surface area contributed by atoms with Gasteiger partial charge in [0.1, 0.15) is 12.9 Å². The molecule has 138 valence electrons. The molecule has 0 amide bonds. The lowest BCUT2D eigenvalue weighted by Crippen LogP contribution is -2.64. The second-order valence-corrected chi connectivity index (χ2v) is 18.9. The SMILES string of the molecule is C=C[C@](O)([C@@H](OCOC)[C@@H](C)O[Si](C)(C)C(C)(C)C)[Si](C)(C)C. The largest absolute Gasteiger partial charge is 0.411 e. The van der Waals surface area contributed by atoms with Crippen LogP contribution in [0.5, 0.6) is 0 Å². The Morgan fingerprint density at radius 1 is 1.13 bits per heavy atom. The lowest BCUT2D eigenvalue weighted by molar-refractivity contribution is -0.148. The predicted molar refractivity (Wildman–Crippen MR) is 103 cm³/mol. The van der Waals surface area contributed by atoms with Crippen LogP contribution < -0.4 is 0 Å². The quantitative estimate of drug-likeness (QED) is 0.380. The van der Waals surface area contributed by atoms with Crippen molar-refractivity contribution in [2.45, 2.75) is 82.9 Å². The Morgan fingerprint density at radius 2 is 1.61 bits per heavy atom. The first-order chi connectivity index (χ1) is 10.1. The fourth-order valence-electron chi connectivity index (χ4n) is 2.31. The number of hydrogen-bond donors (Lipinski definition) is 1. The Morgan fingerprint density at radius 3 is 1.91 bits per heavy atom. The third-order valence-corrected chi connectivity index (χ3v) is 12.5. The van der Waals surface area contributed by atoms with Gasteiger partial charge in [0, 0.05) is 7.11 Å². The van der Waals surface area contributed by atoms with Gasteiger partial charge in [-0.25, -0.2) is 0 Å². The summed E-state index contributed by atoms with van der Waals surface area (Å²) in [6, 6.07) is 0. The van der Waals surface area contributed by atoms with Crippen LogP contribution in [0.25, 0.3) is 0 Å². The summed E-state index contributed by atoms with van der Waals surface area (Å²) < 4.78 is 17.4. The fraction of sp³-hybridized carbons (Fsp3) is 0.882. The van der Waals surface area contributed by atoms with Gasteiger partial charge in [-0.05, 0) is 25.1 Å². The molecule has 0 aromatic carbocycles. The highest BCUT2D eigenvalue weighted by Gasteiger charge is 2.50. The summed E-state index contributed by atoms with van der Waals surface area (Å²) in [6.07, 6.45) is 0.881. The first-order valence-corrected chi connectivity index (χ1v) is 14.7. The molecule has 0 aliphatic carbocycles. The molecule has 6 heteroatoms. The highest BCUT2D eigenvalue weighted by atomic mass is 28.4. The molecule has 0 spiro atoms. The van der Waals surface area contributed by atoms with Crippen molar-refractivity contribution in [2.75, 3.05) is 13.9 Å². The molecule has 0 aliphatic heterocycles. The molecule has 4 nitrogen and oxygen atoms in total. The predicted octanol–water partition coefficient (Wildman–Crippen LogP) is 4.18. The third kappa shape index (κ3) is 5.51. The summed E-state index contributed by atoms with van der Waals surface area (Å²) in [5, 5.41) is 10.3. The van der Waals surface area contributed by atoms with Gasteiger partial charge in [0.15, 0.2) is 8.32 Å².